The zero-order valence-corrected chi connectivity index (χ0v) is 7.78. The number of rotatable bonds is 1. The Kier molecular flexibility index (Phi) is 3.57. The maximum absolute atomic E-state index is 2.48. The summed E-state index contributed by atoms with van der Waals surface area (Å²) in [7, 11) is 0. The molecule has 0 aromatic rings. The lowest BCUT2D eigenvalue weighted by atomic mass is 10.0. The molecule has 0 saturated carbocycles. The maximum atomic E-state index is 2.48. The van der Waals surface area contributed by atoms with Gasteiger partial charge in [-0.3, -0.25) is 4.31 Å². The molecule has 0 aliphatic carbocycles. The van der Waals surface area contributed by atoms with Crippen LogP contribution < -0.4 is 0 Å². The van der Waals surface area contributed by atoms with E-state index in [1.165, 1.54) is 32.4 Å². The highest BCUT2D eigenvalue weighted by atomic mass is 32.2. The van der Waals surface area contributed by atoms with Gasteiger partial charge in [-0.1, -0.05) is 18.9 Å². The predicted octanol–water partition coefficient (Wildman–Crippen LogP) is 2.39. The molecule has 1 aliphatic heterocycles. The second kappa shape index (κ2) is 4.24. The van der Waals surface area contributed by atoms with Gasteiger partial charge in [-0.05, 0) is 31.4 Å². The summed E-state index contributed by atoms with van der Waals surface area (Å²) in [5.41, 5.74) is 0. The van der Waals surface area contributed by atoms with E-state index in [1.54, 1.807) is 0 Å². The van der Waals surface area contributed by atoms with Gasteiger partial charge in [-0.25, -0.2) is 0 Å². The van der Waals surface area contributed by atoms with Crippen molar-refractivity contribution in [1.29, 1.82) is 0 Å². The van der Waals surface area contributed by atoms with E-state index in [9.17, 15) is 0 Å². The molecule has 1 atom stereocenters. The number of hydrogen-bond acceptors (Lipinski definition) is 2. The van der Waals surface area contributed by atoms with E-state index in [-0.39, 0.29) is 0 Å². The van der Waals surface area contributed by atoms with Crippen molar-refractivity contribution in [3.8, 4) is 0 Å². The molecule has 1 saturated heterocycles. The lowest BCUT2D eigenvalue weighted by Crippen LogP contribution is -2.15. The summed E-state index contributed by atoms with van der Waals surface area (Å²) in [5, 5.41) is 0. The molecule has 1 heterocycles. The molecule has 0 aromatic carbocycles. The molecular formula is C8H17NS. The van der Waals surface area contributed by atoms with Crippen LogP contribution in [0.15, 0.2) is 0 Å². The third-order valence-corrected chi connectivity index (χ3v) is 3.12. The van der Waals surface area contributed by atoms with Crippen LogP contribution in [0.3, 0.4) is 0 Å². The fraction of sp³-hybridized carbons (Fsp3) is 1.00. The van der Waals surface area contributed by atoms with Gasteiger partial charge < -0.3 is 0 Å². The van der Waals surface area contributed by atoms with Crippen molar-refractivity contribution in [1.82, 2.24) is 4.31 Å². The van der Waals surface area contributed by atoms with Gasteiger partial charge in [0.2, 0.25) is 0 Å². The standard InChI is InChI=1S/C8H17NS/c1-8-4-3-6-9(10-2)7-5-8/h8H,3-7H2,1-2H3. The molecule has 1 aliphatic rings. The summed E-state index contributed by atoms with van der Waals surface area (Å²) in [6.07, 6.45) is 6.38. The molecule has 60 valence electrons. The summed E-state index contributed by atoms with van der Waals surface area (Å²) in [5.74, 6) is 0.956. The molecule has 1 rings (SSSR count). The molecule has 0 aromatic heterocycles. The Hall–Kier alpha value is 0.310. The van der Waals surface area contributed by atoms with Crippen molar-refractivity contribution in [2.75, 3.05) is 19.3 Å². The van der Waals surface area contributed by atoms with Crippen LogP contribution in [0, 0.1) is 5.92 Å². The number of nitrogens with zero attached hydrogens (tertiary/aromatic N) is 1. The predicted molar refractivity (Wildman–Crippen MR) is 48.1 cm³/mol. The van der Waals surface area contributed by atoms with Gasteiger partial charge in [0.1, 0.15) is 0 Å². The molecule has 1 unspecified atom stereocenters. The second-order valence-corrected chi connectivity index (χ2v) is 4.03. The Morgan fingerprint density at radius 2 is 2.10 bits per heavy atom. The molecule has 0 bridgehead atoms. The van der Waals surface area contributed by atoms with Gasteiger partial charge in [-0.15, -0.1) is 0 Å². The average molecular weight is 159 g/mol. The lowest BCUT2D eigenvalue weighted by Gasteiger charge is -2.14. The molecule has 10 heavy (non-hydrogen) atoms. The van der Waals surface area contributed by atoms with E-state index in [1.807, 2.05) is 11.9 Å². The van der Waals surface area contributed by atoms with Crippen LogP contribution >= 0.6 is 11.9 Å². The van der Waals surface area contributed by atoms with Crippen LogP contribution in [-0.2, 0) is 0 Å². The molecule has 0 radical (unpaired) electrons. The Balaban J connectivity index is 2.26. The van der Waals surface area contributed by atoms with Crippen molar-refractivity contribution in [2.45, 2.75) is 26.2 Å². The van der Waals surface area contributed by atoms with E-state index in [2.05, 4.69) is 17.5 Å². The second-order valence-electron chi connectivity index (χ2n) is 3.15. The maximum Gasteiger partial charge on any atom is 0.00917 e. The average Bonchev–Trinajstić information content (AvgIpc) is 2.14. The van der Waals surface area contributed by atoms with E-state index in [0.717, 1.165) is 5.92 Å². The fourth-order valence-corrected chi connectivity index (χ4v) is 2.02. The largest absolute Gasteiger partial charge is 0.251 e. The van der Waals surface area contributed by atoms with Crippen LogP contribution in [0.4, 0.5) is 0 Å². The van der Waals surface area contributed by atoms with Gasteiger partial charge in [0, 0.05) is 13.1 Å². The van der Waals surface area contributed by atoms with Gasteiger partial charge in [-0.2, -0.15) is 0 Å². The Bertz CT molecular complexity index is 95.3. The topological polar surface area (TPSA) is 3.24 Å². The van der Waals surface area contributed by atoms with Crippen molar-refractivity contribution in [3.63, 3.8) is 0 Å². The molecule has 1 fully saturated rings. The highest BCUT2D eigenvalue weighted by molar-refractivity contribution is 7.96. The van der Waals surface area contributed by atoms with E-state index in [4.69, 9.17) is 0 Å². The monoisotopic (exact) mass is 159 g/mol. The molecule has 0 spiro atoms. The first-order chi connectivity index (χ1) is 4.83. The first kappa shape index (κ1) is 8.41. The van der Waals surface area contributed by atoms with Gasteiger partial charge in [0.15, 0.2) is 0 Å². The van der Waals surface area contributed by atoms with Crippen LogP contribution in [0.1, 0.15) is 26.2 Å². The zero-order valence-electron chi connectivity index (χ0n) is 6.97. The molecular weight excluding hydrogens is 142 g/mol. The normalized spacial score (nSPS) is 30.0. The van der Waals surface area contributed by atoms with Crippen LogP contribution in [0.25, 0.3) is 0 Å². The molecule has 0 amide bonds. The number of hydrogen-bond donors (Lipinski definition) is 0. The Morgan fingerprint density at radius 3 is 2.80 bits per heavy atom. The fourth-order valence-electron chi connectivity index (χ4n) is 1.42. The zero-order chi connectivity index (χ0) is 7.40. The summed E-state index contributed by atoms with van der Waals surface area (Å²) in [6, 6.07) is 0. The van der Waals surface area contributed by atoms with E-state index < -0.39 is 0 Å². The van der Waals surface area contributed by atoms with E-state index >= 15 is 0 Å². The lowest BCUT2D eigenvalue weighted by molar-refractivity contribution is 0.472. The molecule has 0 N–H and O–H groups in total. The van der Waals surface area contributed by atoms with Gasteiger partial charge in [0.25, 0.3) is 0 Å². The third-order valence-electron chi connectivity index (χ3n) is 2.23. The first-order valence-electron chi connectivity index (χ1n) is 4.12. The van der Waals surface area contributed by atoms with Crippen LogP contribution in [0.5, 0.6) is 0 Å². The molecule has 1 nitrogen and oxygen atoms in total. The highest BCUT2D eigenvalue weighted by Gasteiger charge is 2.11. The summed E-state index contributed by atoms with van der Waals surface area (Å²) in [4.78, 5) is 0. The first-order valence-corrected chi connectivity index (χ1v) is 5.30. The van der Waals surface area contributed by atoms with Crippen molar-refractivity contribution in [2.24, 2.45) is 5.92 Å². The molecule has 2 heteroatoms. The Labute approximate surface area is 68.3 Å². The quantitative estimate of drug-likeness (QED) is 0.540. The highest BCUT2D eigenvalue weighted by Crippen LogP contribution is 2.19. The van der Waals surface area contributed by atoms with Crippen molar-refractivity contribution < 1.29 is 0 Å². The van der Waals surface area contributed by atoms with Crippen molar-refractivity contribution in [3.05, 3.63) is 0 Å². The van der Waals surface area contributed by atoms with Gasteiger partial charge >= 0.3 is 0 Å². The minimum Gasteiger partial charge on any atom is -0.251 e. The summed E-state index contributed by atoms with van der Waals surface area (Å²) >= 11 is 1.89. The SMILES string of the molecule is CSN1CCCC(C)CC1. The van der Waals surface area contributed by atoms with Crippen molar-refractivity contribution >= 4 is 11.9 Å². The summed E-state index contributed by atoms with van der Waals surface area (Å²) in [6.45, 7) is 4.96. The van der Waals surface area contributed by atoms with Crippen LogP contribution in [0.2, 0.25) is 0 Å². The van der Waals surface area contributed by atoms with Gasteiger partial charge in [0.05, 0.1) is 0 Å². The summed E-state index contributed by atoms with van der Waals surface area (Å²) < 4.78 is 2.48. The van der Waals surface area contributed by atoms with E-state index in [0.29, 0.717) is 0 Å². The van der Waals surface area contributed by atoms with Crippen LogP contribution in [-0.4, -0.2) is 23.7 Å². The minimum atomic E-state index is 0.956. The smallest absolute Gasteiger partial charge is 0.00917 e. The Morgan fingerprint density at radius 1 is 1.30 bits per heavy atom. The minimum absolute atomic E-state index is 0.956. The third kappa shape index (κ3) is 2.51.